The number of aromatic nitrogens is 4. The standard InChI is InChI=1S/C31H25F2N5O4/c1-40-13-12-38-28(35-26-10-11-27(31(39)41-2)37-30(26)38)16-20-8-9-21(15-24(20)33)25-4-3-5-29(36-25)42-18-22-7-6-19(17-34)14-23(22)32/h3-11,14-15H,12-13,16,18H2,1-2H3. The normalized spacial score (nSPS) is 10.9. The van der Waals surface area contributed by atoms with Gasteiger partial charge in [-0.2, -0.15) is 5.26 Å². The summed E-state index contributed by atoms with van der Waals surface area (Å²) in [5, 5.41) is 8.91. The maximum Gasteiger partial charge on any atom is 0.356 e. The second-order valence-electron chi connectivity index (χ2n) is 9.25. The third-order valence-electron chi connectivity index (χ3n) is 6.56. The number of fused-ring (bicyclic) bond motifs is 1. The van der Waals surface area contributed by atoms with Crippen LogP contribution in [0.5, 0.6) is 5.88 Å². The molecule has 0 aliphatic heterocycles. The van der Waals surface area contributed by atoms with Crippen LogP contribution >= 0.6 is 0 Å². The first-order chi connectivity index (χ1) is 20.4. The topological polar surface area (TPSA) is 112 Å². The second-order valence-corrected chi connectivity index (χ2v) is 9.25. The van der Waals surface area contributed by atoms with Crippen molar-refractivity contribution in [3.05, 3.63) is 107 Å². The number of hydrogen-bond donors (Lipinski definition) is 0. The minimum Gasteiger partial charge on any atom is -0.473 e. The van der Waals surface area contributed by atoms with Crippen LogP contribution in [0.3, 0.4) is 0 Å². The van der Waals surface area contributed by atoms with E-state index >= 15 is 4.39 Å². The molecule has 0 saturated carbocycles. The van der Waals surface area contributed by atoms with Gasteiger partial charge in [0.25, 0.3) is 0 Å². The van der Waals surface area contributed by atoms with Crippen LogP contribution in [0.4, 0.5) is 8.78 Å². The molecule has 0 fully saturated rings. The van der Waals surface area contributed by atoms with Gasteiger partial charge in [-0.1, -0.05) is 24.3 Å². The molecular formula is C31H25F2N5O4. The summed E-state index contributed by atoms with van der Waals surface area (Å²) in [6.07, 6.45) is 0.173. The molecule has 0 spiro atoms. The van der Waals surface area contributed by atoms with Crippen LogP contribution < -0.4 is 4.74 Å². The molecule has 0 atom stereocenters. The second kappa shape index (κ2) is 12.5. The van der Waals surface area contributed by atoms with E-state index in [-0.39, 0.29) is 35.7 Å². The van der Waals surface area contributed by atoms with E-state index in [1.54, 1.807) is 48.1 Å². The van der Waals surface area contributed by atoms with Crippen LogP contribution in [0.25, 0.3) is 22.4 Å². The highest BCUT2D eigenvalue weighted by Crippen LogP contribution is 2.25. The number of rotatable bonds is 10. The minimum absolute atomic E-state index is 0.0820. The molecule has 3 heterocycles. The lowest BCUT2D eigenvalue weighted by Gasteiger charge is -2.11. The zero-order valence-electron chi connectivity index (χ0n) is 22.8. The molecule has 0 aliphatic carbocycles. The highest BCUT2D eigenvalue weighted by molar-refractivity contribution is 5.89. The van der Waals surface area contributed by atoms with E-state index in [0.29, 0.717) is 47.0 Å². The van der Waals surface area contributed by atoms with Gasteiger partial charge < -0.3 is 18.8 Å². The van der Waals surface area contributed by atoms with Gasteiger partial charge in [-0.05, 0) is 42.0 Å². The van der Waals surface area contributed by atoms with Gasteiger partial charge in [-0.15, -0.1) is 0 Å². The molecule has 0 saturated heterocycles. The van der Waals surface area contributed by atoms with Crippen LogP contribution in [0.2, 0.25) is 0 Å². The number of halogens is 2. The van der Waals surface area contributed by atoms with Crippen molar-refractivity contribution in [3.8, 4) is 23.2 Å². The lowest BCUT2D eigenvalue weighted by atomic mass is 10.1. The fraction of sp³-hybridized carbons (Fsp3) is 0.194. The smallest absolute Gasteiger partial charge is 0.356 e. The van der Waals surface area contributed by atoms with Crippen molar-refractivity contribution in [1.82, 2.24) is 19.5 Å². The van der Waals surface area contributed by atoms with Crippen LogP contribution in [0.1, 0.15) is 33.0 Å². The fourth-order valence-electron chi connectivity index (χ4n) is 4.38. The number of benzene rings is 2. The van der Waals surface area contributed by atoms with Gasteiger partial charge in [0.2, 0.25) is 5.88 Å². The molecule has 5 aromatic rings. The minimum atomic E-state index is -0.566. The van der Waals surface area contributed by atoms with E-state index in [2.05, 4.69) is 15.0 Å². The Morgan fingerprint density at radius 3 is 2.50 bits per heavy atom. The number of carbonyl (C=O) groups excluding carboxylic acids is 1. The average Bonchev–Trinajstić information content (AvgIpc) is 3.35. The first kappa shape index (κ1) is 28.3. The Kier molecular flexibility index (Phi) is 8.45. The van der Waals surface area contributed by atoms with Crippen molar-refractivity contribution >= 4 is 17.1 Å². The molecule has 0 amide bonds. The number of pyridine rings is 2. The van der Waals surface area contributed by atoms with E-state index in [0.717, 1.165) is 6.07 Å². The van der Waals surface area contributed by atoms with E-state index in [1.807, 2.05) is 6.07 Å². The molecule has 0 aliphatic rings. The molecular weight excluding hydrogens is 544 g/mol. The monoisotopic (exact) mass is 569 g/mol. The predicted octanol–water partition coefficient (Wildman–Crippen LogP) is 5.25. The number of methoxy groups -OCH3 is 2. The molecule has 0 N–H and O–H groups in total. The zero-order valence-corrected chi connectivity index (χ0v) is 22.8. The van der Waals surface area contributed by atoms with Crippen LogP contribution in [-0.4, -0.2) is 46.3 Å². The zero-order chi connectivity index (χ0) is 29.6. The Morgan fingerprint density at radius 2 is 1.76 bits per heavy atom. The Bertz CT molecular complexity index is 1820. The van der Waals surface area contributed by atoms with Crippen LogP contribution in [-0.2, 0) is 29.0 Å². The number of nitrogens with zero attached hydrogens (tertiary/aromatic N) is 5. The van der Waals surface area contributed by atoms with Gasteiger partial charge in [0.15, 0.2) is 11.3 Å². The third kappa shape index (κ3) is 6.09. The Balaban J connectivity index is 1.37. The van der Waals surface area contributed by atoms with Gasteiger partial charge in [0, 0.05) is 37.3 Å². The number of ether oxygens (including phenoxy) is 3. The Hall–Kier alpha value is -5.21. The van der Waals surface area contributed by atoms with Gasteiger partial charge in [0.1, 0.15) is 29.6 Å². The molecule has 42 heavy (non-hydrogen) atoms. The molecule has 11 heteroatoms. The number of hydrogen-bond acceptors (Lipinski definition) is 8. The molecule has 2 aromatic carbocycles. The molecule has 3 aromatic heterocycles. The van der Waals surface area contributed by atoms with Gasteiger partial charge in [-0.25, -0.2) is 28.5 Å². The summed E-state index contributed by atoms with van der Waals surface area (Å²) in [6, 6.07) is 19.1. The fourth-order valence-corrected chi connectivity index (χ4v) is 4.38. The van der Waals surface area contributed by atoms with Gasteiger partial charge in [-0.3, -0.25) is 0 Å². The molecule has 0 bridgehead atoms. The molecule has 0 radical (unpaired) electrons. The van der Waals surface area contributed by atoms with Gasteiger partial charge >= 0.3 is 5.97 Å². The first-order valence-electron chi connectivity index (χ1n) is 12.9. The highest BCUT2D eigenvalue weighted by Gasteiger charge is 2.18. The molecule has 9 nitrogen and oxygen atoms in total. The third-order valence-corrected chi connectivity index (χ3v) is 6.56. The highest BCUT2D eigenvalue weighted by atomic mass is 19.1. The van der Waals surface area contributed by atoms with E-state index in [1.165, 1.54) is 31.4 Å². The summed E-state index contributed by atoms with van der Waals surface area (Å²) in [6.45, 7) is 0.690. The maximum absolute atomic E-state index is 15.4. The van der Waals surface area contributed by atoms with E-state index < -0.39 is 17.6 Å². The average molecular weight is 570 g/mol. The van der Waals surface area contributed by atoms with E-state index in [4.69, 9.17) is 19.5 Å². The number of imidazole rings is 1. The summed E-state index contributed by atoms with van der Waals surface area (Å²) >= 11 is 0. The Labute approximate surface area is 240 Å². The van der Waals surface area contributed by atoms with Crippen LogP contribution in [0.15, 0.2) is 66.7 Å². The maximum atomic E-state index is 15.4. The molecule has 5 rings (SSSR count). The molecule has 0 unspecified atom stereocenters. The summed E-state index contributed by atoms with van der Waals surface area (Å²) in [4.78, 5) is 25.5. The van der Waals surface area contributed by atoms with Gasteiger partial charge in [0.05, 0.1) is 31.0 Å². The van der Waals surface area contributed by atoms with Crippen molar-refractivity contribution in [2.75, 3.05) is 20.8 Å². The van der Waals surface area contributed by atoms with Crippen LogP contribution in [0, 0.1) is 23.0 Å². The quantitative estimate of drug-likeness (QED) is 0.210. The summed E-state index contributed by atoms with van der Waals surface area (Å²) in [7, 11) is 2.86. The first-order valence-corrected chi connectivity index (χ1v) is 12.9. The number of nitriles is 1. The van der Waals surface area contributed by atoms with Crippen molar-refractivity contribution in [3.63, 3.8) is 0 Å². The van der Waals surface area contributed by atoms with Crippen molar-refractivity contribution in [2.45, 2.75) is 19.6 Å². The predicted molar refractivity (Wildman–Crippen MR) is 149 cm³/mol. The largest absolute Gasteiger partial charge is 0.473 e. The summed E-state index contributed by atoms with van der Waals surface area (Å²) in [5.41, 5.74) is 3.10. The number of carbonyl (C=O) groups is 1. The summed E-state index contributed by atoms with van der Waals surface area (Å²) < 4.78 is 47.1. The number of esters is 1. The molecule has 212 valence electrons. The van der Waals surface area contributed by atoms with Crippen molar-refractivity contribution in [1.29, 1.82) is 5.26 Å². The summed E-state index contributed by atoms with van der Waals surface area (Å²) in [5.74, 6) is -0.755. The lowest BCUT2D eigenvalue weighted by molar-refractivity contribution is 0.0594. The Morgan fingerprint density at radius 1 is 0.952 bits per heavy atom. The SMILES string of the molecule is COCCn1c(Cc2ccc(-c3cccc(OCc4ccc(C#N)cc4F)n3)cc2F)nc2ccc(C(=O)OC)nc21. The van der Waals surface area contributed by atoms with E-state index in [9.17, 15) is 9.18 Å². The lowest BCUT2D eigenvalue weighted by Crippen LogP contribution is -2.11. The van der Waals surface area contributed by atoms with Crippen molar-refractivity contribution in [2.24, 2.45) is 0 Å². The van der Waals surface area contributed by atoms with Crippen molar-refractivity contribution < 1.29 is 27.8 Å².